The van der Waals surface area contributed by atoms with Gasteiger partial charge < -0.3 is 5.84 Å². The Morgan fingerprint density at radius 1 is 1.23 bits per heavy atom. The van der Waals surface area contributed by atoms with Gasteiger partial charge in [0.15, 0.2) is 0 Å². The molecule has 0 heterocycles. The first kappa shape index (κ1) is 9.94. The highest BCUT2D eigenvalue weighted by Gasteiger charge is 2.08. The summed E-state index contributed by atoms with van der Waals surface area (Å²) in [4.78, 5) is 0.0186. The van der Waals surface area contributed by atoms with Gasteiger partial charge in [-0.15, -0.1) is 5.11 Å². The molecule has 1 aromatic carbocycles. The number of nitrogens with two attached hydrogens (primary N) is 1. The molecule has 13 heavy (non-hydrogen) atoms. The third kappa shape index (κ3) is 2.67. The van der Waals surface area contributed by atoms with Crippen LogP contribution in [-0.4, -0.2) is 8.42 Å². The van der Waals surface area contributed by atoms with Crippen LogP contribution in [0.25, 0.3) is 0 Å². The van der Waals surface area contributed by atoms with Gasteiger partial charge in [0.05, 0.1) is 10.6 Å². The third-order valence-electron chi connectivity index (χ3n) is 1.29. The van der Waals surface area contributed by atoms with Crippen LogP contribution in [0.3, 0.4) is 0 Å². The molecule has 0 aliphatic carbocycles. The number of hydrogen-bond acceptors (Lipinski definition) is 4. The van der Waals surface area contributed by atoms with Crippen LogP contribution in [0.5, 0.6) is 0 Å². The average Bonchev–Trinajstić information content (AvgIpc) is 2.04. The lowest BCUT2D eigenvalue weighted by Gasteiger charge is -1.94. The molecular formula is C6H6ClN3O2S. The molecular weight excluding hydrogens is 214 g/mol. The van der Waals surface area contributed by atoms with E-state index in [0.717, 1.165) is 0 Å². The van der Waals surface area contributed by atoms with Gasteiger partial charge in [0, 0.05) is 10.7 Å². The van der Waals surface area contributed by atoms with Gasteiger partial charge in [-0.1, -0.05) is 5.22 Å². The minimum atomic E-state index is -3.67. The third-order valence-corrected chi connectivity index (χ3v) is 2.66. The van der Waals surface area contributed by atoms with E-state index in [1.807, 2.05) is 0 Å². The molecule has 70 valence electrons. The molecule has 0 bridgehead atoms. The van der Waals surface area contributed by atoms with E-state index in [-0.39, 0.29) is 4.90 Å². The predicted molar refractivity (Wildman–Crippen MR) is 48.2 cm³/mol. The molecule has 0 saturated carbocycles. The molecule has 2 N–H and O–H groups in total. The number of rotatable bonds is 2. The molecule has 0 unspecified atom stereocenters. The fraction of sp³-hybridized carbons (Fsp3) is 0. The quantitative estimate of drug-likeness (QED) is 0.355. The fourth-order valence-corrected chi connectivity index (χ4v) is 1.51. The Labute approximate surface area is 79.6 Å². The van der Waals surface area contributed by atoms with Gasteiger partial charge in [-0.3, -0.25) is 0 Å². The predicted octanol–water partition coefficient (Wildman–Crippen LogP) is 1.57. The minimum Gasteiger partial charge on any atom is -0.305 e. The maximum Gasteiger partial charge on any atom is 0.261 e. The first-order valence-electron chi connectivity index (χ1n) is 3.19. The van der Waals surface area contributed by atoms with Gasteiger partial charge >= 0.3 is 0 Å². The molecule has 0 spiro atoms. The van der Waals surface area contributed by atoms with E-state index in [2.05, 4.69) is 10.3 Å². The van der Waals surface area contributed by atoms with E-state index >= 15 is 0 Å². The summed E-state index contributed by atoms with van der Waals surface area (Å²) < 4.78 is 21.6. The van der Waals surface area contributed by atoms with E-state index in [1.54, 1.807) is 0 Å². The Balaban J connectivity index is 3.08. The molecule has 0 radical (unpaired) electrons. The van der Waals surface area contributed by atoms with Gasteiger partial charge in [0.2, 0.25) is 0 Å². The van der Waals surface area contributed by atoms with Crippen molar-refractivity contribution >= 4 is 25.4 Å². The summed E-state index contributed by atoms with van der Waals surface area (Å²) in [6, 6.07) is 5.55. The lowest BCUT2D eigenvalue weighted by atomic mass is 10.3. The van der Waals surface area contributed by atoms with Crippen LogP contribution in [0.2, 0.25) is 0 Å². The Bertz CT molecular complexity index is 412. The topological polar surface area (TPSA) is 84.9 Å². The Morgan fingerprint density at radius 3 is 2.15 bits per heavy atom. The van der Waals surface area contributed by atoms with E-state index < -0.39 is 9.05 Å². The van der Waals surface area contributed by atoms with Gasteiger partial charge in [-0.2, -0.15) is 0 Å². The summed E-state index contributed by atoms with van der Waals surface area (Å²) >= 11 is 0. The second-order valence-corrected chi connectivity index (χ2v) is 4.71. The standard InChI is InChI=1S/C6H6ClN3O2S/c7-13(11,12)6-3-1-5(2-4-6)9-10-8/h1-4H,(H2,8,9). The highest BCUT2D eigenvalue weighted by atomic mass is 35.7. The van der Waals surface area contributed by atoms with Crippen LogP contribution < -0.4 is 5.84 Å². The maximum absolute atomic E-state index is 10.8. The van der Waals surface area contributed by atoms with Crippen LogP contribution in [0.1, 0.15) is 0 Å². The van der Waals surface area contributed by atoms with Crippen molar-refractivity contribution in [1.82, 2.24) is 0 Å². The van der Waals surface area contributed by atoms with E-state index in [9.17, 15) is 8.42 Å². The number of benzene rings is 1. The minimum absolute atomic E-state index is 0.0186. The molecule has 7 heteroatoms. The molecule has 0 atom stereocenters. The van der Waals surface area contributed by atoms with Crippen LogP contribution in [0, 0.1) is 0 Å². The highest BCUT2D eigenvalue weighted by Crippen LogP contribution is 2.19. The van der Waals surface area contributed by atoms with Crippen molar-refractivity contribution in [2.75, 3.05) is 0 Å². The molecule has 1 rings (SSSR count). The Kier molecular flexibility index (Phi) is 2.84. The largest absolute Gasteiger partial charge is 0.305 e. The molecule has 0 aliphatic heterocycles. The van der Waals surface area contributed by atoms with E-state index in [4.69, 9.17) is 16.5 Å². The van der Waals surface area contributed by atoms with Crippen molar-refractivity contribution in [3.8, 4) is 0 Å². The summed E-state index contributed by atoms with van der Waals surface area (Å²) in [5.74, 6) is 4.80. The van der Waals surface area contributed by atoms with E-state index in [1.165, 1.54) is 24.3 Å². The Morgan fingerprint density at radius 2 is 1.77 bits per heavy atom. The van der Waals surface area contributed by atoms with Crippen molar-refractivity contribution < 1.29 is 8.42 Å². The molecule has 5 nitrogen and oxygen atoms in total. The van der Waals surface area contributed by atoms with Gasteiger partial charge in [-0.25, -0.2) is 8.42 Å². The zero-order chi connectivity index (χ0) is 9.90. The van der Waals surface area contributed by atoms with Crippen LogP contribution in [0.4, 0.5) is 5.69 Å². The van der Waals surface area contributed by atoms with Crippen molar-refractivity contribution in [3.05, 3.63) is 24.3 Å². The first-order chi connectivity index (χ1) is 6.04. The van der Waals surface area contributed by atoms with Crippen molar-refractivity contribution in [1.29, 1.82) is 0 Å². The Hall–Kier alpha value is -1.14. The SMILES string of the molecule is NN=Nc1ccc(S(=O)(=O)Cl)cc1. The highest BCUT2D eigenvalue weighted by molar-refractivity contribution is 8.13. The van der Waals surface area contributed by atoms with Gasteiger partial charge in [0.25, 0.3) is 9.05 Å². The summed E-state index contributed by atoms with van der Waals surface area (Å²) in [5.41, 5.74) is 0.464. The van der Waals surface area contributed by atoms with Crippen LogP contribution in [-0.2, 0) is 9.05 Å². The number of hydrogen-bond donors (Lipinski definition) is 1. The second-order valence-electron chi connectivity index (χ2n) is 2.15. The molecule has 0 aliphatic rings. The lowest BCUT2D eigenvalue weighted by molar-refractivity contribution is 0.609. The second kappa shape index (κ2) is 3.71. The van der Waals surface area contributed by atoms with Crippen LogP contribution >= 0.6 is 10.7 Å². The fourth-order valence-electron chi connectivity index (χ4n) is 0.742. The van der Waals surface area contributed by atoms with Crippen molar-refractivity contribution in [3.63, 3.8) is 0 Å². The summed E-state index contributed by atoms with van der Waals surface area (Å²) in [7, 11) is 1.42. The summed E-state index contributed by atoms with van der Waals surface area (Å²) in [6.45, 7) is 0. The molecule has 0 aromatic heterocycles. The monoisotopic (exact) mass is 219 g/mol. The zero-order valence-electron chi connectivity index (χ0n) is 6.38. The molecule has 0 saturated heterocycles. The average molecular weight is 220 g/mol. The molecule has 1 aromatic rings. The normalized spacial score (nSPS) is 12.1. The molecule has 0 fully saturated rings. The smallest absolute Gasteiger partial charge is 0.261 e. The molecule has 0 amide bonds. The first-order valence-corrected chi connectivity index (χ1v) is 5.50. The summed E-state index contributed by atoms with van der Waals surface area (Å²) in [5, 5.41) is 6.54. The van der Waals surface area contributed by atoms with Gasteiger partial charge in [0.1, 0.15) is 0 Å². The summed E-state index contributed by atoms with van der Waals surface area (Å²) in [6.07, 6.45) is 0. The van der Waals surface area contributed by atoms with Crippen molar-refractivity contribution in [2.45, 2.75) is 4.90 Å². The lowest BCUT2D eigenvalue weighted by Crippen LogP contribution is -1.88. The maximum atomic E-state index is 10.8. The number of nitrogens with zero attached hydrogens (tertiary/aromatic N) is 2. The van der Waals surface area contributed by atoms with Gasteiger partial charge in [-0.05, 0) is 24.3 Å². The van der Waals surface area contributed by atoms with Crippen LogP contribution in [0.15, 0.2) is 39.5 Å². The van der Waals surface area contributed by atoms with Crippen molar-refractivity contribution in [2.24, 2.45) is 16.2 Å². The zero-order valence-corrected chi connectivity index (χ0v) is 7.96. The number of halogens is 1. The van der Waals surface area contributed by atoms with E-state index in [0.29, 0.717) is 5.69 Å².